The van der Waals surface area contributed by atoms with Crippen LogP contribution >= 0.6 is 23.1 Å². The highest BCUT2D eigenvalue weighted by Crippen LogP contribution is 2.41. The van der Waals surface area contributed by atoms with E-state index in [0.717, 1.165) is 16.1 Å². The predicted molar refractivity (Wildman–Crippen MR) is 122 cm³/mol. The Morgan fingerprint density at radius 2 is 1.72 bits per heavy atom. The van der Waals surface area contributed by atoms with E-state index in [-0.39, 0.29) is 11.8 Å². The van der Waals surface area contributed by atoms with Gasteiger partial charge in [-0.1, -0.05) is 42.5 Å². The Hall–Kier alpha value is -2.83. The number of nitrogens with zero attached hydrogens (tertiary/aromatic N) is 2. The number of rotatable bonds is 6. The highest BCUT2D eigenvalue weighted by atomic mass is 32.2. The second kappa shape index (κ2) is 8.27. The lowest BCUT2D eigenvalue weighted by Gasteiger charge is -2.19. The number of anilines is 2. The highest BCUT2D eigenvalue weighted by molar-refractivity contribution is 8.03. The van der Waals surface area contributed by atoms with Gasteiger partial charge >= 0.3 is 0 Å². The molecule has 0 spiro atoms. The number of benzene rings is 2. The Labute approximate surface area is 178 Å². The van der Waals surface area contributed by atoms with Crippen LogP contribution in [0, 0.1) is 0 Å². The van der Waals surface area contributed by atoms with Crippen LogP contribution in [0.4, 0.5) is 11.4 Å². The molecule has 0 saturated heterocycles. The third-order valence-electron chi connectivity index (χ3n) is 4.64. The summed E-state index contributed by atoms with van der Waals surface area (Å²) in [5.41, 5.74) is 3.15. The number of carbonyl (C=O) groups excluding carboxylic acids is 2. The quantitative estimate of drug-likeness (QED) is 0.524. The van der Waals surface area contributed by atoms with Gasteiger partial charge in [-0.3, -0.25) is 9.59 Å². The average Bonchev–Trinajstić information content (AvgIpc) is 3.33. The molecule has 4 rings (SSSR count). The standard InChI is InChI=1S/C23H20N2O2S2/c1-24(2)17-10-6-11-18(14-17)25-22(26)20(19-12-7-13-28-19)21(23(25)27)29-15-16-8-4-3-5-9-16/h3-14H,15H2,1-2H3. The molecule has 0 unspecified atom stereocenters. The van der Waals surface area contributed by atoms with Crippen molar-refractivity contribution >= 4 is 51.9 Å². The molecule has 4 nitrogen and oxygen atoms in total. The van der Waals surface area contributed by atoms with Crippen LogP contribution in [0.25, 0.3) is 5.57 Å². The summed E-state index contributed by atoms with van der Waals surface area (Å²) >= 11 is 2.91. The van der Waals surface area contributed by atoms with Gasteiger partial charge in [0.1, 0.15) is 0 Å². The molecular weight excluding hydrogens is 400 g/mol. The maximum Gasteiger partial charge on any atom is 0.272 e. The van der Waals surface area contributed by atoms with Crippen molar-refractivity contribution in [3.63, 3.8) is 0 Å². The summed E-state index contributed by atoms with van der Waals surface area (Å²) < 4.78 is 0. The third kappa shape index (κ3) is 3.86. The first-order chi connectivity index (χ1) is 14.1. The first-order valence-electron chi connectivity index (χ1n) is 9.17. The summed E-state index contributed by atoms with van der Waals surface area (Å²) in [6.45, 7) is 0. The van der Waals surface area contributed by atoms with Gasteiger partial charge in [0.15, 0.2) is 0 Å². The van der Waals surface area contributed by atoms with Crippen molar-refractivity contribution < 1.29 is 9.59 Å². The van der Waals surface area contributed by atoms with E-state index in [1.165, 1.54) is 28.0 Å². The van der Waals surface area contributed by atoms with Gasteiger partial charge in [-0.15, -0.1) is 23.1 Å². The van der Waals surface area contributed by atoms with Gasteiger partial charge in [0.2, 0.25) is 0 Å². The van der Waals surface area contributed by atoms with Crippen LogP contribution in [0.5, 0.6) is 0 Å². The first kappa shape index (κ1) is 19.5. The number of hydrogen-bond acceptors (Lipinski definition) is 5. The summed E-state index contributed by atoms with van der Waals surface area (Å²) in [6, 6.07) is 21.3. The Morgan fingerprint density at radius 1 is 0.931 bits per heavy atom. The Bertz CT molecular complexity index is 1070. The van der Waals surface area contributed by atoms with E-state index in [1.54, 1.807) is 6.07 Å². The molecule has 6 heteroatoms. The molecule has 0 atom stereocenters. The largest absolute Gasteiger partial charge is 0.378 e. The second-order valence-electron chi connectivity index (χ2n) is 6.82. The fourth-order valence-electron chi connectivity index (χ4n) is 3.16. The van der Waals surface area contributed by atoms with Crippen LogP contribution in [-0.4, -0.2) is 25.9 Å². The van der Waals surface area contributed by atoms with Crippen LogP contribution in [-0.2, 0) is 15.3 Å². The molecule has 1 aliphatic rings. The molecule has 2 amide bonds. The highest BCUT2D eigenvalue weighted by Gasteiger charge is 2.40. The summed E-state index contributed by atoms with van der Waals surface area (Å²) in [6.07, 6.45) is 0. The number of amides is 2. The molecule has 3 aromatic rings. The minimum absolute atomic E-state index is 0.254. The van der Waals surface area contributed by atoms with Gasteiger partial charge in [0.05, 0.1) is 16.2 Å². The lowest BCUT2D eigenvalue weighted by Crippen LogP contribution is -2.31. The van der Waals surface area contributed by atoms with Crippen LogP contribution in [0.1, 0.15) is 10.4 Å². The zero-order valence-corrected chi connectivity index (χ0v) is 17.8. The molecule has 2 aromatic carbocycles. The smallest absolute Gasteiger partial charge is 0.272 e. The lowest BCUT2D eigenvalue weighted by molar-refractivity contribution is -0.119. The van der Waals surface area contributed by atoms with Crippen molar-refractivity contribution in [2.24, 2.45) is 0 Å². The van der Waals surface area contributed by atoms with E-state index in [2.05, 4.69) is 0 Å². The minimum atomic E-state index is -0.260. The molecule has 1 aliphatic heterocycles. The van der Waals surface area contributed by atoms with Crippen LogP contribution < -0.4 is 9.80 Å². The predicted octanol–water partition coefficient (Wildman–Crippen LogP) is 5.03. The number of thiophene rings is 1. The minimum Gasteiger partial charge on any atom is -0.378 e. The topological polar surface area (TPSA) is 40.6 Å². The van der Waals surface area contributed by atoms with Gasteiger partial charge in [0, 0.05) is 30.4 Å². The van der Waals surface area contributed by atoms with Crippen molar-refractivity contribution in [1.29, 1.82) is 0 Å². The zero-order valence-electron chi connectivity index (χ0n) is 16.2. The Kier molecular flexibility index (Phi) is 5.56. The number of carbonyl (C=O) groups is 2. The maximum absolute atomic E-state index is 13.3. The summed E-state index contributed by atoms with van der Waals surface area (Å²) in [7, 11) is 3.87. The SMILES string of the molecule is CN(C)c1cccc(N2C(=O)C(SCc3ccccc3)=C(c3cccs3)C2=O)c1. The molecule has 146 valence electrons. The Balaban J connectivity index is 1.71. The van der Waals surface area contributed by atoms with E-state index in [9.17, 15) is 9.59 Å². The normalized spacial score (nSPS) is 14.1. The summed E-state index contributed by atoms with van der Waals surface area (Å²) in [4.78, 5) is 31.3. The van der Waals surface area contributed by atoms with Gasteiger partial charge in [-0.25, -0.2) is 4.90 Å². The zero-order chi connectivity index (χ0) is 20.4. The number of hydrogen-bond donors (Lipinski definition) is 0. The molecule has 0 aliphatic carbocycles. The van der Waals surface area contributed by atoms with Crippen molar-refractivity contribution in [3.05, 3.63) is 87.5 Å². The fraction of sp³-hybridized carbons (Fsp3) is 0.130. The van der Waals surface area contributed by atoms with E-state index in [1.807, 2.05) is 85.0 Å². The number of imide groups is 1. The first-order valence-corrected chi connectivity index (χ1v) is 11.0. The van der Waals surface area contributed by atoms with Crippen molar-refractivity contribution in [1.82, 2.24) is 0 Å². The summed E-state index contributed by atoms with van der Waals surface area (Å²) in [5, 5.41) is 1.93. The molecule has 0 bridgehead atoms. The monoisotopic (exact) mass is 420 g/mol. The van der Waals surface area contributed by atoms with Gasteiger partial charge in [-0.2, -0.15) is 0 Å². The van der Waals surface area contributed by atoms with Crippen molar-refractivity contribution in [3.8, 4) is 0 Å². The maximum atomic E-state index is 13.3. The van der Waals surface area contributed by atoms with Crippen molar-refractivity contribution in [2.75, 3.05) is 23.9 Å². The average molecular weight is 421 g/mol. The Morgan fingerprint density at radius 3 is 2.41 bits per heavy atom. The van der Waals surface area contributed by atoms with E-state index >= 15 is 0 Å². The molecule has 0 fully saturated rings. The van der Waals surface area contributed by atoms with Crippen LogP contribution in [0.3, 0.4) is 0 Å². The van der Waals surface area contributed by atoms with E-state index < -0.39 is 0 Å². The van der Waals surface area contributed by atoms with Crippen molar-refractivity contribution in [2.45, 2.75) is 5.75 Å². The van der Waals surface area contributed by atoms with Gasteiger partial charge in [-0.05, 0) is 35.2 Å². The van der Waals surface area contributed by atoms with Gasteiger partial charge in [0.25, 0.3) is 11.8 Å². The fourth-order valence-corrected chi connectivity index (χ4v) is 5.05. The molecular formula is C23H20N2O2S2. The van der Waals surface area contributed by atoms with Crippen LogP contribution in [0.2, 0.25) is 0 Å². The lowest BCUT2D eigenvalue weighted by atomic mass is 10.2. The molecule has 0 radical (unpaired) electrons. The number of thioether (sulfide) groups is 1. The summed E-state index contributed by atoms with van der Waals surface area (Å²) in [5.74, 6) is 0.120. The second-order valence-corrected chi connectivity index (χ2v) is 8.75. The molecule has 29 heavy (non-hydrogen) atoms. The van der Waals surface area contributed by atoms with E-state index in [0.29, 0.717) is 21.9 Å². The van der Waals surface area contributed by atoms with Crippen LogP contribution in [0.15, 0.2) is 77.0 Å². The molecule has 0 N–H and O–H groups in total. The molecule has 2 heterocycles. The van der Waals surface area contributed by atoms with Gasteiger partial charge < -0.3 is 4.90 Å². The molecule has 0 saturated carbocycles. The molecule has 1 aromatic heterocycles. The third-order valence-corrected chi connectivity index (χ3v) is 6.67. The van der Waals surface area contributed by atoms with E-state index in [4.69, 9.17) is 0 Å².